The van der Waals surface area contributed by atoms with E-state index in [0.29, 0.717) is 0 Å². The van der Waals surface area contributed by atoms with Crippen molar-refractivity contribution < 1.29 is 30.0 Å². The maximum Gasteiger partial charge on any atom is 0.164 e. The van der Waals surface area contributed by atoms with Gasteiger partial charge in [-0.3, -0.25) is 9.78 Å². The fraction of sp³-hybridized carbons (Fsp3) is 0.417. The third-order valence-corrected chi connectivity index (χ3v) is 10.3. The number of hydrogen-bond donors (Lipinski definition) is 1. The first-order valence-electron chi connectivity index (χ1n) is 14.6. The first-order chi connectivity index (χ1) is 19.0. The summed E-state index contributed by atoms with van der Waals surface area (Å²) >= 11 is 0. The molecule has 0 spiro atoms. The van der Waals surface area contributed by atoms with Crippen LogP contribution in [0.2, 0.25) is 19.6 Å². The molecule has 0 saturated carbocycles. The number of aliphatic hydroxyl groups is 1. The van der Waals surface area contributed by atoms with Crippen LogP contribution < -0.4 is 5.19 Å². The molecule has 4 rings (SSSR count). The van der Waals surface area contributed by atoms with E-state index in [0.717, 1.165) is 40.6 Å². The first-order valence-corrected chi connectivity index (χ1v) is 18.1. The summed E-state index contributed by atoms with van der Waals surface area (Å²) in [7, 11) is -1.50. The van der Waals surface area contributed by atoms with Crippen molar-refractivity contribution in [1.82, 2.24) is 9.97 Å². The number of fused-ring (bicyclic) bond motifs is 3. The number of nitrogens with zero attached hydrogens (tertiary/aromatic N) is 2. The van der Waals surface area contributed by atoms with Crippen molar-refractivity contribution in [3.63, 3.8) is 0 Å². The molecule has 0 amide bonds. The van der Waals surface area contributed by atoms with Gasteiger partial charge in [-0.05, 0) is 29.3 Å². The average molecular weight is 760 g/mol. The SMILES string of the molecule is CCC(C)(C)C(=O)/C=C(\O)C(C)(C)CC.Cc1[c-]c(-c2ncnc3c2ccc2cccc([Si](C)(C)C)c23)cc(C)c1.[Ir]. The van der Waals surface area contributed by atoms with Crippen LogP contribution in [0.3, 0.4) is 0 Å². The van der Waals surface area contributed by atoms with Gasteiger partial charge < -0.3 is 5.11 Å². The summed E-state index contributed by atoms with van der Waals surface area (Å²) in [5.74, 6) is 0.195. The molecule has 0 unspecified atom stereocenters. The molecule has 6 heteroatoms. The van der Waals surface area contributed by atoms with Gasteiger partial charge in [-0.15, -0.1) is 34.9 Å². The Labute approximate surface area is 267 Å². The summed E-state index contributed by atoms with van der Waals surface area (Å²) in [6.07, 6.45) is 4.69. The smallest absolute Gasteiger partial charge is 0.164 e. The second kappa shape index (κ2) is 13.8. The molecule has 0 bridgehead atoms. The van der Waals surface area contributed by atoms with Crippen LogP contribution >= 0.6 is 0 Å². The van der Waals surface area contributed by atoms with E-state index in [1.54, 1.807) is 6.33 Å². The number of allylic oxidation sites excluding steroid dienone is 2. The van der Waals surface area contributed by atoms with Gasteiger partial charge in [-0.1, -0.05) is 111 Å². The third-order valence-electron chi connectivity index (χ3n) is 8.25. The minimum absolute atomic E-state index is 0. The quantitative estimate of drug-likeness (QED) is 0.0671. The molecule has 1 radical (unpaired) electrons. The largest absolute Gasteiger partial charge is 0.512 e. The van der Waals surface area contributed by atoms with E-state index in [4.69, 9.17) is 4.98 Å². The number of rotatable bonds is 7. The molecule has 1 heterocycles. The summed E-state index contributed by atoms with van der Waals surface area (Å²) in [5.41, 5.74) is 4.74. The number of ketones is 1. The van der Waals surface area contributed by atoms with E-state index in [1.165, 1.54) is 27.6 Å². The molecule has 3 aromatic carbocycles. The molecule has 0 fully saturated rings. The number of aliphatic hydroxyl groups excluding tert-OH is 1. The zero-order chi connectivity index (χ0) is 30.8. The molecular formula is C36H47IrN2O2Si-. The summed E-state index contributed by atoms with van der Waals surface area (Å²) in [5, 5.41) is 14.9. The molecule has 0 saturated heterocycles. The molecule has 0 atom stereocenters. The molecule has 4 nitrogen and oxygen atoms in total. The molecule has 0 aliphatic carbocycles. The van der Waals surface area contributed by atoms with Crippen molar-refractivity contribution in [2.45, 2.75) is 87.9 Å². The van der Waals surface area contributed by atoms with Gasteiger partial charge >= 0.3 is 0 Å². The van der Waals surface area contributed by atoms with Crippen LogP contribution in [0, 0.1) is 30.7 Å². The van der Waals surface area contributed by atoms with Crippen LogP contribution in [0.5, 0.6) is 0 Å². The van der Waals surface area contributed by atoms with Crippen molar-refractivity contribution in [2.24, 2.45) is 10.8 Å². The van der Waals surface area contributed by atoms with Crippen molar-refractivity contribution in [2.75, 3.05) is 0 Å². The molecule has 227 valence electrons. The van der Waals surface area contributed by atoms with Crippen LogP contribution in [0.4, 0.5) is 0 Å². The summed E-state index contributed by atoms with van der Waals surface area (Å²) in [6, 6.07) is 18.8. The van der Waals surface area contributed by atoms with Gasteiger partial charge in [0.2, 0.25) is 0 Å². The maximum absolute atomic E-state index is 11.8. The Hall–Kier alpha value is -2.66. The Kier molecular flexibility index (Phi) is 11.6. The Bertz CT molecular complexity index is 1580. The van der Waals surface area contributed by atoms with Gasteiger partial charge in [0.1, 0.15) is 12.1 Å². The van der Waals surface area contributed by atoms with Gasteiger partial charge in [-0.25, -0.2) is 4.98 Å². The fourth-order valence-corrected chi connectivity index (χ4v) is 6.24. The van der Waals surface area contributed by atoms with Crippen LogP contribution in [-0.4, -0.2) is 28.9 Å². The van der Waals surface area contributed by atoms with Gasteiger partial charge in [-0.2, -0.15) is 0 Å². The number of carbonyl (C=O) groups is 1. The predicted molar refractivity (Wildman–Crippen MR) is 178 cm³/mol. The summed E-state index contributed by atoms with van der Waals surface area (Å²) in [4.78, 5) is 21.2. The zero-order valence-electron chi connectivity index (χ0n) is 27.2. The molecule has 42 heavy (non-hydrogen) atoms. The minimum atomic E-state index is -1.50. The number of aromatic nitrogens is 2. The Morgan fingerprint density at radius 2 is 1.60 bits per heavy atom. The predicted octanol–water partition coefficient (Wildman–Crippen LogP) is 9.28. The van der Waals surface area contributed by atoms with Gasteiger partial charge in [0.15, 0.2) is 5.78 Å². The van der Waals surface area contributed by atoms with Crippen LogP contribution in [0.15, 0.2) is 60.6 Å². The topological polar surface area (TPSA) is 63.1 Å². The van der Waals surface area contributed by atoms with E-state index in [9.17, 15) is 9.90 Å². The maximum atomic E-state index is 11.8. The Morgan fingerprint density at radius 3 is 2.17 bits per heavy atom. The summed E-state index contributed by atoms with van der Waals surface area (Å²) < 4.78 is 0. The molecule has 1 aromatic heterocycles. The number of benzene rings is 3. The van der Waals surface area contributed by atoms with E-state index in [1.807, 2.05) is 41.5 Å². The van der Waals surface area contributed by atoms with Crippen LogP contribution in [0.25, 0.3) is 32.9 Å². The number of hydrogen-bond acceptors (Lipinski definition) is 4. The van der Waals surface area contributed by atoms with Gasteiger partial charge in [0.25, 0.3) is 0 Å². The Morgan fingerprint density at radius 1 is 0.952 bits per heavy atom. The van der Waals surface area contributed by atoms with Gasteiger partial charge in [0.05, 0.1) is 13.6 Å². The fourth-order valence-electron chi connectivity index (χ4n) is 4.63. The second-order valence-corrected chi connectivity index (χ2v) is 18.5. The molecule has 4 aromatic rings. The van der Waals surface area contributed by atoms with Crippen LogP contribution in [-0.2, 0) is 24.9 Å². The van der Waals surface area contributed by atoms with E-state index in [2.05, 4.69) is 87.0 Å². The normalized spacial score (nSPS) is 12.5. The van der Waals surface area contributed by atoms with E-state index < -0.39 is 8.07 Å². The molecule has 0 aliphatic rings. The monoisotopic (exact) mass is 760 g/mol. The van der Waals surface area contributed by atoms with Gasteiger partial charge in [0, 0.05) is 42.4 Å². The molecule has 0 aliphatic heterocycles. The van der Waals surface area contributed by atoms with Crippen molar-refractivity contribution in [3.8, 4) is 11.3 Å². The van der Waals surface area contributed by atoms with Crippen LogP contribution in [0.1, 0.15) is 65.5 Å². The zero-order valence-corrected chi connectivity index (χ0v) is 30.6. The van der Waals surface area contributed by atoms with E-state index in [-0.39, 0.29) is 42.5 Å². The number of aryl methyl sites for hydroxylation is 2. The molecular weight excluding hydrogens is 713 g/mol. The minimum Gasteiger partial charge on any atom is -0.512 e. The third kappa shape index (κ3) is 8.03. The average Bonchev–Trinajstić information content (AvgIpc) is 2.91. The van der Waals surface area contributed by atoms with E-state index >= 15 is 0 Å². The molecule has 1 N–H and O–H groups in total. The first kappa shape index (κ1) is 35.5. The van der Waals surface area contributed by atoms with Crippen molar-refractivity contribution >= 4 is 40.7 Å². The standard InChI is InChI=1S/C23H23N2Si.C13H24O2.Ir/c1-15-11-16(2)13-18(12-15)22-19-10-9-17-7-6-8-20(26(3,4)5)21(17)23(19)25-14-24-22;1-7-12(3,4)10(14)9-11(15)13(5,6)8-2;/h6-12,14H,1-5H3;9,14H,7-8H2,1-6H3;/q-1;;/b;10-9-;. The Balaban J connectivity index is 0.000000334. The summed E-state index contributed by atoms with van der Waals surface area (Å²) in [6.45, 7) is 23.0. The van der Waals surface area contributed by atoms with Crippen molar-refractivity contribution in [3.05, 3.63) is 77.8 Å². The second-order valence-electron chi connectivity index (χ2n) is 13.5. The number of carbonyl (C=O) groups excluding carboxylic acids is 1. The van der Waals surface area contributed by atoms with Crippen molar-refractivity contribution in [1.29, 1.82) is 0 Å².